The molecule has 2 heterocycles. The molecule has 4 rings (SSSR count). The summed E-state index contributed by atoms with van der Waals surface area (Å²) in [5, 5.41) is 4.53. The smallest absolute Gasteiger partial charge is 0.223 e. The lowest BCUT2D eigenvalue weighted by Crippen LogP contribution is -2.40. The minimum Gasteiger partial charge on any atom is -0.352 e. The van der Waals surface area contributed by atoms with Crippen molar-refractivity contribution in [1.29, 1.82) is 0 Å². The zero-order chi connectivity index (χ0) is 21.1. The second-order valence-electron chi connectivity index (χ2n) is 8.52. The maximum absolute atomic E-state index is 12.7. The number of nitrogens with zero attached hydrogens (tertiary/aromatic N) is 2. The van der Waals surface area contributed by atoms with Gasteiger partial charge in [0.15, 0.2) is 0 Å². The standard InChI is InChI=1S/C26H33N3O/c1-4-29-20(3)24(23-11-7-8-12-25(23)29)18-28-15-13-21(14-16-28)26(30)27-17-22-10-6-5-9-19(22)2/h5-12,21H,4,13-18H2,1-3H3,(H,27,30). The van der Waals surface area contributed by atoms with Crippen molar-refractivity contribution in [2.75, 3.05) is 13.1 Å². The topological polar surface area (TPSA) is 37.3 Å². The zero-order valence-electron chi connectivity index (χ0n) is 18.4. The minimum atomic E-state index is 0.128. The molecule has 158 valence electrons. The molecule has 0 aliphatic carbocycles. The van der Waals surface area contributed by atoms with E-state index in [1.165, 1.54) is 33.3 Å². The Morgan fingerprint density at radius 2 is 1.73 bits per heavy atom. The third-order valence-electron chi connectivity index (χ3n) is 6.73. The summed E-state index contributed by atoms with van der Waals surface area (Å²) in [7, 11) is 0. The monoisotopic (exact) mass is 403 g/mol. The summed E-state index contributed by atoms with van der Waals surface area (Å²) in [5.41, 5.74) is 6.57. The van der Waals surface area contributed by atoms with E-state index in [9.17, 15) is 4.79 Å². The molecule has 0 radical (unpaired) electrons. The number of likely N-dealkylation sites (tertiary alicyclic amines) is 1. The number of aryl methyl sites for hydroxylation is 2. The van der Waals surface area contributed by atoms with Crippen molar-refractivity contribution < 1.29 is 4.79 Å². The maximum Gasteiger partial charge on any atom is 0.223 e. The molecule has 1 aliphatic heterocycles. The van der Waals surface area contributed by atoms with Gasteiger partial charge in [-0.1, -0.05) is 42.5 Å². The van der Waals surface area contributed by atoms with Crippen LogP contribution in [0.4, 0.5) is 0 Å². The van der Waals surface area contributed by atoms with Crippen LogP contribution in [0.1, 0.15) is 42.1 Å². The van der Waals surface area contributed by atoms with Gasteiger partial charge >= 0.3 is 0 Å². The molecule has 0 atom stereocenters. The van der Waals surface area contributed by atoms with Gasteiger partial charge in [-0.2, -0.15) is 0 Å². The average molecular weight is 404 g/mol. The number of para-hydroxylation sites is 1. The molecule has 1 aromatic heterocycles. The number of amides is 1. The van der Waals surface area contributed by atoms with Gasteiger partial charge in [0.2, 0.25) is 5.91 Å². The largest absolute Gasteiger partial charge is 0.352 e. The first-order chi connectivity index (χ1) is 14.6. The lowest BCUT2D eigenvalue weighted by Gasteiger charge is -2.31. The SMILES string of the molecule is CCn1c(C)c(CN2CCC(C(=O)NCc3ccccc3C)CC2)c2ccccc21. The molecule has 0 spiro atoms. The summed E-state index contributed by atoms with van der Waals surface area (Å²) >= 11 is 0. The van der Waals surface area contributed by atoms with E-state index < -0.39 is 0 Å². The fourth-order valence-corrected chi connectivity index (χ4v) is 4.82. The minimum absolute atomic E-state index is 0.128. The van der Waals surface area contributed by atoms with Gasteiger partial charge in [0.1, 0.15) is 0 Å². The van der Waals surface area contributed by atoms with E-state index in [0.29, 0.717) is 6.54 Å². The van der Waals surface area contributed by atoms with E-state index >= 15 is 0 Å². The average Bonchev–Trinajstić information content (AvgIpc) is 3.04. The van der Waals surface area contributed by atoms with Crippen molar-refractivity contribution in [1.82, 2.24) is 14.8 Å². The molecule has 1 amide bonds. The van der Waals surface area contributed by atoms with E-state index in [2.05, 4.69) is 72.0 Å². The van der Waals surface area contributed by atoms with Crippen LogP contribution in [0.25, 0.3) is 10.9 Å². The summed E-state index contributed by atoms with van der Waals surface area (Å²) in [6.45, 7) is 11.1. The maximum atomic E-state index is 12.7. The van der Waals surface area contributed by atoms with Crippen molar-refractivity contribution in [3.05, 3.63) is 70.9 Å². The van der Waals surface area contributed by atoms with Crippen LogP contribution in [0.3, 0.4) is 0 Å². The lowest BCUT2D eigenvalue weighted by molar-refractivity contribution is -0.126. The number of nitrogens with one attached hydrogen (secondary N) is 1. The molecule has 4 nitrogen and oxygen atoms in total. The highest BCUT2D eigenvalue weighted by Gasteiger charge is 2.26. The van der Waals surface area contributed by atoms with Crippen LogP contribution in [0.2, 0.25) is 0 Å². The second kappa shape index (κ2) is 9.05. The Hall–Kier alpha value is -2.59. The Labute approximate surface area is 179 Å². The first kappa shape index (κ1) is 20.7. The van der Waals surface area contributed by atoms with Crippen molar-refractivity contribution in [3.8, 4) is 0 Å². The van der Waals surface area contributed by atoms with Gasteiger partial charge < -0.3 is 9.88 Å². The first-order valence-corrected chi connectivity index (χ1v) is 11.2. The number of hydrogen-bond donors (Lipinski definition) is 1. The number of aromatic nitrogens is 1. The Morgan fingerprint density at radius 3 is 2.47 bits per heavy atom. The Balaban J connectivity index is 1.35. The third-order valence-corrected chi connectivity index (χ3v) is 6.73. The molecule has 0 bridgehead atoms. The molecule has 1 fully saturated rings. The van der Waals surface area contributed by atoms with Crippen LogP contribution in [-0.2, 0) is 24.4 Å². The molecule has 1 N–H and O–H groups in total. The van der Waals surface area contributed by atoms with Crippen molar-refractivity contribution >= 4 is 16.8 Å². The van der Waals surface area contributed by atoms with Crippen molar-refractivity contribution in [2.24, 2.45) is 5.92 Å². The van der Waals surface area contributed by atoms with E-state index in [0.717, 1.165) is 39.0 Å². The molecule has 4 heteroatoms. The molecule has 1 aliphatic rings. The number of fused-ring (bicyclic) bond motifs is 1. The van der Waals surface area contributed by atoms with E-state index in [-0.39, 0.29) is 11.8 Å². The van der Waals surface area contributed by atoms with Gasteiger partial charge in [-0.3, -0.25) is 9.69 Å². The van der Waals surface area contributed by atoms with E-state index in [1.807, 2.05) is 12.1 Å². The van der Waals surface area contributed by atoms with Gasteiger partial charge in [-0.15, -0.1) is 0 Å². The van der Waals surface area contributed by atoms with Crippen molar-refractivity contribution in [3.63, 3.8) is 0 Å². The first-order valence-electron chi connectivity index (χ1n) is 11.2. The number of benzene rings is 2. The fraction of sp³-hybridized carbons (Fsp3) is 0.423. The van der Waals surface area contributed by atoms with Crippen LogP contribution in [0.5, 0.6) is 0 Å². The molecule has 1 saturated heterocycles. The van der Waals surface area contributed by atoms with Crippen LogP contribution >= 0.6 is 0 Å². The highest BCUT2D eigenvalue weighted by molar-refractivity contribution is 5.85. The van der Waals surface area contributed by atoms with E-state index in [1.54, 1.807) is 0 Å². The molecule has 0 saturated carbocycles. The Bertz CT molecular complexity index is 1030. The zero-order valence-corrected chi connectivity index (χ0v) is 18.4. The second-order valence-corrected chi connectivity index (χ2v) is 8.52. The molecular weight excluding hydrogens is 370 g/mol. The number of rotatable bonds is 6. The van der Waals surface area contributed by atoms with Gasteiger partial charge in [0.05, 0.1) is 0 Å². The van der Waals surface area contributed by atoms with Gasteiger partial charge in [0.25, 0.3) is 0 Å². The number of hydrogen-bond acceptors (Lipinski definition) is 2. The Morgan fingerprint density at radius 1 is 1.03 bits per heavy atom. The summed E-state index contributed by atoms with van der Waals surface area (Å²) in [5.74, 6) is 0.333. The predicted octanol–water partition coefficient (Wildman–Crippen LogP) is 4.81. The van der Waals surface area contributed by atoms with Crippen LogP contribution < -0.4 is 5.32 Å². The normalized spacial score (nSPS) is 15.6. The fourth-order valence-electron chi connectivity index (χ4n) is 4.82. The number of piperidine rings is 1. The van der Waals surface area contributed by atoms with Crippen molar-refractivity contribution in [2.45, 2.75) is 53.2 Å². The quantitative estimate of drug-likeness (QED) is 0.641. The Kier molecular flexibility index (Phi) is 6.24. The highest BCUT2D eigenvalue weighted by Crippen LogP contribution is 2.28. The molecular formula is C26H33N3O. The van der Waals surface area contributed by atoms with Gasteiger partial charge in [-0.25, -0.2) is 0 Å². The predicted molar refractivity (Wildman–Crippen MR) is 123 cm³/mol. The molecule has 2 aromatic carbocycles. The highest BCUT2D eigenvalue weighted by atomic mass is 16.1. The molecule has 0 unspecified atom stereocenters. The third kappa shape index (κ3) is 4.15. The van der Waals surface area contributed by atoms with E-state index in [4.69, 9.17) is 0 Å². The summed E-state index contributed by atoms with van der Waals surface area (Å²) in [6.07, 6.45) is 1.87. The van der Waals surface area contributed by atoms with Gasteiger partial charge in [0, 0.05) is 42.1 Å². The number of carbonyl (C=O) groups excluding carboxylic acids is 1. The van der Waals surface area contributed by atoms with Crippen LogP contribution in [-0.4, -0.2) is 28.5 Å². The number of carbonyl (C=O) groups is 1. The summed E-state index contributed by atoms with van der Waals surface area (Å²) < 4.78 is 2.41. The lowest BCUT2D eigenvalue weighted by atomic mass is 9.95. The summed E-state index contributed by atoms with van der Waals surface area (Å²) in [4.78, 5) is 15.2. The van der Waals surface area contributed by atoms with Crippen LogP contribution in [0, 0.1) is 19.8 Å². The summed E-state index contributed by atoms with van der Waals surface area (Å²) in [6, 6.07) is 17.0. The van der Waals surface area contributed by atoms with Gasteiger partial charge in [-0.05, 0) is 69.5 Å². The molecule has 3 aromatic rings. The molecule has 30 heavy (non-hydrogen) atoms. The van der Waals surface area contributed by atoms with Crippen LogP contribution in [0.15, 0.2) is 48.5 Å².